The Kier molecular flexibility index (Phi) is 4.56. The van der Waals surface area contributed by atoms with E-state index >= 15 is 0 Å². The minimum atomic E-state index is -2.20. The van der Waals surface area contributed by atoms with Crippen LogP contribution in [-0.2, 0) is 9.22 Å². The first-order valence-electron chi connectivity index (χ1n) is 9.58. The zero-order chi connectivity index (χ0) is 19.8. The molecule has 1 fully saturated rings. The lowest BCUT2D eigenvalue weighted by atomic mass is 9.70. The fraction of sp³-hybridized carbons (Fsp3) is 0.762. The van der Waals surface area contributed by atoms with E-state index in [4.69, 9.17) is 4.43 Å². The van der Waals surface area contributed by atoms with Crippen LogP contribution in [0.1, 0.15) is 34.6 Å². The lowest BCUT2D eigenvalue weighted by Crippen LogP contribution is -2.68. The van der Waals surface area contributed by atoms with Crippen molar-refractivity contribution >= 4 is 25.9 Å². The maximum absolute atomic E-state index is 13.1. The third kappa shape index (κ3) is 2.43. The van der Waals surface area contributed by atoms with Crippen molar-refractivity contribution in [2.24, 2.45) is 23.2 Å². The smallest absolute Gasteiger partial charge is 0.193 e. The molecule has 0 aromatic heterocycles. The standard InChI is InChI=1S/C21H34O3SSi/c1-18(2,3)26(7,8)24-20(13-25-6)14-9-10-16(22)21(20,23)15-11-12-19(4,5)17(14)15/h9-12,14-15,17,23H,13H2,1-8H3/t14-,15+,17+,20+,21+/m1/s1. The van der Waals surface area contributed by atoms with E-state index in [2.05, 4.69) is 59.9 Å². The number of carbonyl (C=O) groups is 1. The van der Waals surface area contributed by atoms with Gasteiger partial charge in [0.15, 0.2) is 19.7 Å². The number of carbonyl (C=O) groups excluding carboxylic acids is 1. The molecule has 0 saturated heterocycles. The molecule has 1 saturated carbocycles. The number of rotatable bonds is 4. The van der Waals surface area contributed by atoms with E-state index < -0.39 is 19.5 Å². The van der Waals surface area contributed by atoms with Crippen LogP contribution in [-0.4, -0.2) is 42.4 Å². The van der Waals surface area contributed by atoms with Crippen LogP contribution in [0.15, 0.2) is 24.3 Å². The first-order valence-corrected chi connectivity index (χ1v) is 13.9. The zero-order valence-electron chi connectivity index (χ0n) is 17.4. The Morgan fingerprint density at radius 3 is 2.38 bits per heavy atom. The molecule has 3 aliphatic carbocycles. The van der Waals surface area contributed by atoms with Gasteiger partial charge in [-0.2, -0.15) is 11.8 Å². The molecule has 26 heavy (non-hydrogen) atoms. The first-order chi connectivity index (χ1) is 11.7. The van der Waals surface area contributed by atoms with Crippen molar-refractivity contribution in [3.05, 3.63) is 24.3 Å². The van der Waals surface area contributed by atoms with Crippen molar-refractivity contribution in [2.75, 3.05) is 12.0 Å². The molecule has 2 bridgehead atoms. The highest BCUT2D eigenvalue weighted by Gasteiger charge is 2.76. The molecule has 146 valence electrons. The number of fused-ring (bicyclic) bond motifs is 5. The van der Waals surface area contributed by atoms with Crippen LogP contribution in [0.2, 0.25) is 18.1 Å². The topological polar surface area (TPSA) is 46.5 Å². The van der Waals surface area contributed by atoms with Gasteiger partial charge < -0.3 is 9.53 Å². The van der Waals surface area contributed by atoms with Crippen molar-refractivity contribution in [1.82, 2.24) is 0 Å². The lowest BCUT2D eigenvalue weighted by Gasteiger charge is -2.53. The average molecular weight is 395 g/mol. The summed E-state index contributed by atoms with van der Waals surface area (Å²) in [5.74, 6) is 0.500. The predicted octanol–water partition coefficient (Wildman–Crippen LogP) is 4.44. The molecule has 3 aliphatic rings. The Balaban J connectivity index is 2.20. The van der Waals surface area contributed by atoms with Crippen LogP contribution >= 0.6 is 11.8 Å². The molecular formula is C21H34O3SSi. The molecule has 0 spiro atoms. The second-order valence-electron chi connectivity index (χ2n) is 10.4. The van der Waals surface area contributed by atoms with E-state index in [0.29, 0.717) is 5.75 Å². The van der Waals surface area contributed by atoms with Gasteiger partial charge in [-0.1, -0.05) is 52.8 Å². The van der Waals surface area contributed by atoms with E-state index in [0.717, 1.165) is 0 Å². The number of thioether (sulfide) groups is 1. The summed E-state index contributed by atoms with van der Waals surface area (Å²) in [6.07, 6.45) is 9.96. The Hall–Kier alpha value is -0.363. The van der Waals surface area contributed by atoms with E-state index in [-0.39, 0.29) is 34.0 Å². The van der Waals surface area contributed by atoms with Crippen molar-refractivity contribution in [1.29, 1.82) is 0 Å². The number of hydrogen-bond donors (Lipinski definition) is 1. The second-order valence-corrected chi connectivity index (χ2v) is 16.0. The Morgan fingerprint density at radius 2 is 1.85 bits per heavy atom. The number of aliphatic hydroxyl groups is 1. The molecule has 3 nitrogen and oxygen atoms in total. The molecule has 5 heteroatoms. The average Bonchev–Trinajstić information content (AvgIpc) is 2.84. The molecule has 0 radical (unpaired) electrons. The van der Waals surface area contributed by atoms with Gasteiger partial charge in [-0.15, -0.1) is 0 Å². The summed E-state index contributed by atoms with van der Waals surface area (Å²) in [6, 6.07) is 0. The van der Waals surface area contributed by atoms with Gasteiger partial charge in [0.25, 0.3) is 0 Å². The quantitative estimate of drug-likeness (QED) is 0.566. The van der Waals surface area contributed by atoms with Crippen LogP contribution in [0.3, 0.4) is 0 Å². The van der Waals surface area contributed by atoms with Gasteiger partial charge >= 0.3 is 0 Å². The highest BCUT2D eigenvalue weighted by Crippen LogP contribution is 2.66. The summed E-state index contributed by atoms with van der Waals surface area (Å²) in [6.45, 7) is 15.5. The Bertz CT molecular complexity index is 675. The fourth-order valence-electron chi connectivity index (χ4n) is 5.13. The summed E-state index contributed by atoms with van der Waals surface area (Å²) < 4.78 is 7.02. The molecule has 0 heterocycles. The van der Waals surface area contributed by atoms with Gasteiger partial charge in [0.05, 0.1) is 0 Å². The van der Waals surface area contributed by atoms with Crippen LogP contribution in [0.5, 0.6) is 0 Å². The third-order valence-corrected chi connectivity index (χ3v) is 12.7. The van der Waals surface area contributed by atoms with E-state index in [1.807, 2.05) is 12.3 Å². The monoisotopic (exact) mass is 394 g/mol. The molecule has 1 N–H and O–H groups in total. The minimum absolute atomic E-state index is 0.0128. The molecule has 0 aliphatic heterocycles. The van der Waals surface area contributed by atoms with Crippen LogP contribution < -0.4 is 0 Å². The van der Waals surface area contributed by atoms with Crippen molar-refractivity contribution in [2.45, 2.75) is 64.0 Å². The molecule has 3 rings (SSSR count). The maximum atomic E-state index is 13.1. The molecule has 0 aromatic carbocycles. The summed E-state index contributed by atoms with van der Waals surface area (Å²) in [7, 11) is -2.20. The van der Waals surface area contributed by atoms with Crippen molar-refractivity contribution in [3.8, 4) is 0 Å². The second kappa shape index (κ2) is 5.82. The summed E-state index contributed by atoms with van der Waals surface area (Å²) in [4.78, 5) is 13.1. The van der Waals surface area contributed by atoms with Crippen molar-refractivity contribution in [3.63, 3.8) is 0 Å². The Morgan fingerprint density at radius 1 is 1.23 bits per heavy atom. The summed E-state index contributed by atoms with van der Waals surface area (Å²) in [5, 5.41) is 12.0. The van der Waals surface area contributed by atoms with E-state index in [9.17, 15) is 9.90 Å². The van der Waals surface area contributed by atoms with E-state index in [1.165, 1.54) is 0 Å². The SMILES string of the molecule is CSC[C@]1(O[Si](C)(C)C(C)(C)C)[C@@H]2C=CC(=O)[C@@]1(O)[C@H]1C=CC(C)(C)[C@@H]21. The van der Waals surface area contributed by atoms with E-state index in [1.54, 1.807) is 17.8 Å². The lowest BCUT2D eigenvalue weighted by molar-refractivity contribution is -0.163. The molecule has 0 unspecified atom stereocenters. The van der Waals surface area contributed by atoms with Gasteiger partial charge in [-0.25, -0.2) is 0 Å². The minimum Gasteiger partial charge on any atom is -0.406 e. The maximum Gasteiger partial charge on any atom is 0.193 e. The largest absolute Gasteiger partial charge is 0.406 e. The van der Waals surface area contributed by atoms with Crippen LogP contribution in [0.4, 0.5) is 0 Å². The molecule has 5 atom stereocenters. The third-order valence-electron chi connectivity index (χ3n) is 7.46. The normalized spacial score (nSPS) is 41.0. The predicted molar refractivity (Wildman–Crippen MR) is 112 cm³/mol. The molecule has 0 amide bonds. The van der Waals surface area contributed by atoms with Gasteiger partial charge in [-0.05, 0) is 41.8 Å². The number of hydrogen-bond acceptors (Lipinski definition) is 4. The first kappa shape index (κ1) is 20.4. The number of ketones is 1. The van der Waals surface area contributed by atoms with Crippen LogP contribution in [0, 0.1) is 23.2 Å². The van der Waals surface area contributed by atoms with Gasteiger partial charge in [0.1, 0.15) is 5.60 Å². The van der Waals surface area contributed by atoms with Gasteiger partial charge in [0.2, 0.25) is 0 Å². The van der Waals surface area contributed by atoms with Crippen LogP contribution in [0.25, 0.3) is 0 Å². The van der Waals surface area contributed by atoms with Crippen molar-refractivity contribution < 1.29 is 14.3 Å². The molecular weight excluding hydrogens is 360 g/mol. The number of allylic oxidation sites excluding steroid dienone is 1. The highest BCUT2D eigenvalue weighted by atomic mass is 32.2. The summed E-state index contributed by atoms with van der Waals surface area (Å²) in [5.41, 5.74) is -2.38. The Labute approximate surface area is 163 Å². The molecule has 0 aromatic rings. The summed E-state index contributed by atoms with van der Waals surface area (Å²) >= 11 is 1.67. The van der Waals surface area contributed by atoms with Gasteiger partial charge in [-0.3, -0.25) is 4.79 Å². The fourth-order valence-corrected chi connectivity index (χ4v) is 7.71. The zero-order valence-corrected chi connectivity index (χ0v) is 19.2. The van der Waals surface area contributed by atoms with Gasteiger partial charge in [0, 0.05) is 17.6 Å². The highest BCUT2D eigenvalue weighted by molar-refractivity contribution is 7.98.